The molecule has 1 aliphatic heterocycles. The quantitative estimate of drug-likeness (QED) is 0.225. The predicted octanol–water partition coefficient (Wildman–Crippen LogP) is 5.78. The van der Waals surface area contributed by atoms with E-state index in [4.69, 9.17) is 44.9 Å². The van der Waals surface area contributed by atoms with Crippen molar-refractivity contribution in [1.82, 2.24) is 19.9 Å². The zero-order chi connectivity index (χ0) is 25.1. The Labute approximate surface area is 224 Å². The maximum Gasteiger partial charge on any atom is 0.174 e. The lowest BCUT2D eigenvalue weighted by Gasteiger charge is -2.29. The van der Waals surface area contributed by atoms with Crippen LogP contribution in [-0.4, -0.2) is 40.0 Å². The number of methoxy groups -OCH3 is 1. The van der Waals surface area contributed by atoms with Gasteiger partial charge in [0.25, 0.3) is 0 Å². The number of pyridine rings is 2. The van der Waals surface area contributed by atoms with Gasteiger partial charge in [-0.2, -0.15) is 0 Å². The Morgan fingerprint density at radius 3 is 2.64 bits per heavy atom. The minimum Gasteiger partial charge on any atom is -0.490 e. The molecule has 2 atom stereocenters. The van der Waals surface area contributed by atoms with Crippen molar-refractivity contribution >= 4 is 46.2 Å². The zero-order valence-electron chi connectivity index (χ0n) is 19.3. The monoisotopic (exact) mass is 539 g/mol. The van der Waals surface area contributed by atoms with Crippen molar-refractivity contribution in [2.45, 2.75) is 12.1 Å². The molecule has 0 unspecified atom stereocenters. The molecule has 7 nitrogen and oxygen atoms in total. The number of aromatic nitrogens is 3. The zero-order valence-corrected chi connectivity index (χ0v) is 21.7. The van der Waals surface area contributed by atoms with E-state index in [9.17, 15) is 0 Å². The Balaban J connectivity index is 1.58. The van der Waals surface area contributed by atoms with E-state index in [1.165, 1.54) is 0 Å². The van der Waals surface area contributed by atoms with Crippen LogP contribution in [0, 0.1) is 0 Å². The van der Waals surface area contributed by atoms with Crippen LogP contribution in [0.1, 0.15) is 23.5 Å². The maximum absolute atomic E-state index is 6.61. The highest BCUT2D eigenvalue weighted by molar-refractivity contribution is 7.80. The second-order valence-electron chi connectivity index (χ2n) is 8.09. The number of nitrogens with zero attached hydrogens (tertiary/aromatic N) is 4. The molecular formula is C26H23Cl2N5O2S. The largest absolute Gasteiger partial charge is 0.490 e. The first-order chi connectivity index (χ1) is 17.6. The van der Waals surface area contributed by atoms with E-state index in [1.54, 1.807) is 19.5 Å². The number of halogens is 2. The third-order valence-corrected chi connectivity index (χ3v) is 6.71. The summed E-state index contributed by atoms with van der Waals surface area (Å²) in [5, 5.41) is 5.10. The van der Waals surface area contributed by atoms with Gasteiger partial charge >= 0.3 is 0 Å². The van der Waals surface area contributed by atoms with Gasteiger partial charge in [0.2, 0.25) is 0 Å². The SMILES string of the molecule is COCCOc1ccc(N2C(=S)N[C@H](c3ccccn3)[C@@H]2c2cccn2-c2ccc(Cl)cn2)cc1Cl. The summed E-state index contributed by atoms with van der Waals surface area (Å²) in [4.78, 5) is 11.2. The van der Waals surface area contributed by atoms with Crippen LogP contribution >= 0.6 is 35.4 Å². The molecule has 10 heteroatoms. The van der Waals surface area contributed by atoms with Gasteiger partial charge in [0, 0.05) is 37.1 Å². The number of hydrogen-bond acceptors (Lipinski definition) is 5. The molecule has 36 heavy (non-hydrogen) atoms. The third kappa shape index (κ3) is 4.90. The molecule has 1 saturated heterocycles. The molecule has 1 N–H and O–H groups in total. The van der Waals surface area contributed by atoms with Crippen molar-refractivity contribution in [3.63, 3.8) is 0 Å². The van der Waals surface area contributed by atoms with Crippen molar-refractivity contribution in [1.29, 1.82) is 0 Å². The van der Waals surface area contributed by atoms with Gasteiger partial charge in [0.05, 0.1) is 28.4 Å². The molecule has 1 fully saturated rings. The molecule has 4 heterocycles. The summed E-state index contributed by atoms with van der Waals surface area (Å²) in [6, 6.07) is 18.8. The number of nitrogens with one attached hydrogen (secondary N) is 1. The summed E-state index contributed by atoms with van der Waals surface area (Å²) in [6.07, 6.45) is 5.39. The van der Waals surface area contributed by atoms with Gasteiger partial charge < -0.3 is 24.3 Å². The first-order valence-electron chi connectivity index (χ1n) is 11.3. The molecule has 1 aliphatic rings. The lowest BCUT2D eigenvalue weighted by atomic mass is 10.0. The topological polar surface area (TPSA) is 64.4 Å². The number of thiocarbonyl (C=S) groups is 1. The normalized spacial score (nSPS) is 17.3. The number of anilines is 1. The van der Waals surface area contributed by atoms with Gasteiger partial charge in [0.1, 0.15) is 24.2 Å². The van der Waals surface area contributed by atoms with Crippen LogP contribution in [0.5, 0.6) is 5.75 Å². The Morgan fingerprint density at radius 2 is 1.92 bits per heavy atom. The van der Waals surface area contributed by atoms with Crippen LogP contribution in [0.4, 0.5) is 5.69 Å². The van der Waals surface area contributed by atoms with E-state index < -0.39 is 0 Å². The highest BCUT2D eigenvalue weighted by Crippen LogP contribution is 2.43. The van der Waals surface area contributed by atoms with Crippen LogP contribution in [0.2, 0.25) is 10.0 Å². The van der Waals surface area contributed by atoms with Crippen LogP contribution < -0.4 is 15.0 Å². The van der Waals surface area contributed by atoms with Crippen molar-refractivity contribution in [2.24, 2.45) is 0 Å². The molecule has 0 radical (unpaired) electrons. The van der Waals surface area contributed by atoms with Gasteiger partial charge in [-0.25, -0.2) is 4.98 Å². The van der Waals surface area contributed by atoms with Gasteiger partial charge in [-0.3, -0.25) is 4.98 Å². The first-order valence-corrected chi connectivity index (χ1v) is 12.4. The minimum atomic E-state index is -0.240. The van der Waals surface area contributed by atoms with Crippen LogP contribution in [0.15, 0.2) is 79.3 Å². The Bertz CT molecular complexity index is 1350. The van der Waals surface area contributed by atoms with Crippen LogP contribution in [0.25, 0.3) is 5.82 Å². The van der Waals surface area contributed by atoms with E-state index in [0.29, 0.717) is 34.1 Å². The molecule has 1 aromatic carbocycles. The summed E-state index contributed by atoms with van der Waals surface area (Å²) < 4.78 is 12.8. The van der Waals surface area contributed by atoms with Gasteiger partial charge in [-0.1, -0.05) is 29.3 Å². The Kier molecular flexibility index (Phi) is 7.38. The Hall–Kier alpha value is -3.17. The lowest BCUT2D eigenvalue weighted by Crippen LogP contribution is -2.30. The minimum absolute atomic E-state index is 0.212. The summed E-state index contributed by atoms with van der Waals surface area (Å²) in [6.45, 7) is 0.882. The van der Waals surface area contributed by atoms with Gasteiger partial charge in [-0.15, -0.1) is 0 Å². The maximum atomic E-state index is 6.61. The van der Waals surface area contributed by atoms with Crippen molar-refractivity contribution in [3.8, 4) is 11.6 Å². The summed E-state index contributed by atoms with van der Waals surface area (Å²) in [7, 11) is 1.63. The van der Waals surface area contributed by atoms with Crippen LogP contribution in [-0.2, 0) is 4.74 Å². The molecule has 0 spiro atoms. The summed E-state index contributed by atoms with van der Waals surface area (Å²) in [5.74, 6) is 1.33. The smallest absolute Gasteiger partial charge is 0.174 e. The highest BCUT2D eigenvalue weighted by atomic mass is 35.5. The van der Waals surface area contributed by atoms with E-state index in [-0.39, 0.29) is 12.1 Å². The van der Waals surface area contributed by atoms with Crippen molar-refractivity contribution < 1.29 is 9.47 Å². The molecule has 0 amide bonds. The standard InChI is InChI=1S/C26H23Cl2N5O2S/c1-34-13-14-35-22-9-8-18(15-19(22)28)33-25(24(31-26(33)36)20-5-2-3-11-29-20)21-6-4-12-32(21)23-10-7-17(27)16-30-23/h2-12,15-16,24-25H,13-14H2,1H3,(H,31,36)/t24-,25+/m1/s1. The molecule has 0 bridgehead atoms. The van der Waals surface area contributed by atoms with Crippen molar-refractivity contribution in [3.05, 3.63) is 101 Å². The molecule has 3 aromatic heterocycles. The predicted molar refractivity (Wildman–Crippen MR) is 145 cm³/mol. The molecule has 5 rings (SSSR count). The van der Waals surface area contributed by atoms with E-state index >= 15 is 0 Å². The summed E-state index contributed by atoms with van der Waals surface area (Å²) in [5.41, 5.74) is 2.68. The molecule has 184 valence electrons. The van der Waals surface area contributed by atoms with Gasteiger partial charge in [-0.05, 0) is 66.8 Å². The first kappa shape index (κ1) is 24.5. The van der Waals surface area contributed by atoms with Crippen LogP contribution in [0.3, 0.4) is 0 Å². The fourth-order valence-electron chi connectivity index (χ4n) is 4.28. The third-order valence-electron chi connectivity index (χ3n) is 5.88. The average molecular weight is 540 g/mol. The number of benzene rings is 1. The highest BCUT2D eigenvalue weighted by Gasteiger charge is 2.42. The number of ether oxygens (including phenoxy) is 2. The second kappa shape index (κ2) is 10.8. The van der Waals surface area contributed by atoms with Crippen molar-refractivity contribution in [2.75, 3.05) is 25.2 Å². The Morgan fingerprint density at radius 1 is 1.03 bits per heavy atom. The fourth-order valence-corrected chi connectivity index (χ4v) is 4.97. The number of rotatable bonds is 8. The second-order valence-corrected chi connectivity index (χ2v) is 9.32. The molecule has 0 saturated carbocycles. The lowest BCUT2D eigenvalue weighted by molar-refractivity contribution is 0.146. The molecule has 0 aliphatic carbocycles. The molecular weight excluding hydrogens is 517 g/mol. The van der Waals surface area contributed by atoms with Gasteiger partial charge in [0.15, 0.2) is 5.11 Å². The summed E-state index contributed by atoms with van der Waals surface area (Å²) >= 11 is 18.5. The fraction of sp³-hybridized carbons (Fsp3) is 0.192. The van der Waals surface area contributed by atoms with E-state index in [2.05, 4.69) is 26.3 Å². The number of hydrogen-bond donors (Lipinski definition) is 1. The van der Waals surface area contributed by atoms with E-state index in [0.717, 1.165) is 22.9 Å². The average Bonchev–Trinajstić information content (AvgIpc) is 3.50. The molecule has 4 aromatic rings. The van der Waals surface area contributed by atoms with E-state index in [1.807, 2.05) is 65.4 Å².